The number of aromatic hydroxyl groups is 1. The van der Waals surface area contributed by atoms with E-state index in [0.29, 0.717) is 5.69 Å². The minimum Gasteiger partial charge on any atom is -0.502 e. The molecule has 1 aliphatic heterocycles. The predicted molar refractivity (Wildman–Crippen MR) is 86.3 cm³/mol. The summed E-state index contributed by atoms with van der Waals surface area (Å²) in [6, 6.07) is 4.13. The van der Waals surface area contributed by atoms with Crippen LogP contribution in [0.2, 0.25) is 0 Å². The number of benzene rings is 1. The van der Waals surface area contributed by atoms with Gasteiger partial charge in [0.15, 0.2) is 5.75 Å². The van der Waals surface area contributed by atoms with Crippen molar-refractivity contribution < 1.29 is 10.0 Å². The number of hydrogen-bond acceptors (Lipinski definition) is 8. The van der Waals surface area contributed by atoms with Gasteiger partial charge in [-0.05, 0) is 37.8 Å². The normalized spacial score (nSPS) is 20.1. The molecule has 1 saturated carbocycles. The summed E-state index contributed by atoms with van der Waals surface area (Å²) in [5, 5.41) is 20.7. The number of nitrogens with two attached hydrogens (primary N) is 2. The van der Waals surface area contributed by atoms with Crippen molar-refractivity contribution in [3.8, 4) is 5.75 Å². The average Bonchev–Trinajstić information content (AvgIpc) is 2.48. The topological polar surface area (TPSA) is 143 Å². The summed E-state index contributed by atoms with van der Waals surface area (Å²) < 4.78 is 0. The Kier molecular flexibility index (Phi) is 3.55. The van der Waals surface area contributed by atoms with Gasteiger partial charge in [-0.1, -0.05) is 6.42 Å². The highest BCUT2D eigenvalue weighted by atomic mass is 16.6. The molecule has 0 bridgehead atoms. The van der Waals surface area contributed by atoms with Gasteiger partial charge in [0.25, 0.3) is 0 Å². The number of rotatable bonds is 2. The van der Waals surface area contributed by atoms with Crippen molar-refractivity contribution in [2.75, 3.05) is 4.90 Å². The Bertz CT molecular complexity index is 708. The zero-order valence-electron chi connectivity index (χ0n) is 12.5. The summed E-state index contributed by atoms with van der Waals surface area (Å²) in [7, 11) is 0. The van der Waals surface area contributed by atoms with Crippen molar-refractivity contribution in [3.63, 3.8) is 0 Å². The van der Waals surface area contributed by atoms with Crippen LogP contribution in [0.15, 0.2) is 28.2 Å². The molecule has 0 saturated heterocycles. The van der Waals surface area contributed by atoms with Gasteiger partial charge in [0.2, 0.25) is 11.9 Å². The minimum atomic E-state index is -0.668. The molecule has 9 nitrogen and oxygen atoms in total. The molecular formula is C14H18N6O3. The quantitative estimate of drug-likeness (QED) is 0.555. The Morgan fingerprint density at radius 3 is 2.61 bits per heavy atom. The van der Waals surface area contributed by atoms with Gasteiger partial charge in [0.1, 0.15) is 5.66 Å². The molecule has 9 heteroatoms. The molecule has 3 rings (SSSR count). The van der Waals surface area contributed by atoms with E-state index in [0.717, 1.165) is 32.1 Å². The molecule has 0 unspecified atom stereocenters. The number of nitro benzene ring substituents is 1. The van der Waals surface area contributed by atoms with Crippen molar-refractivity contribution in [3.05, 3.63) is 28.3 Å². The third-order valence-electron chi connectivity index (χ3n) is 4.27. The van der Waals surface area contributed by atoms with Crippen LogP contribution in [-0.4, -0.2) is 27.6 Å². The van der Waals surface area contributed by atoms with Crippen LogP contribution in [0.4, 0.5) is 11.4 Å². The highest BCUT2D eigenvalue weighted by Gasteiger charge is 2.43. The highest BCUT2D eigenvalue weighted by molar-refractivity contribution is 6.05. The fraction of sp³-hybridized carbons (Fsp3) is 0.429. The monoisotopic (exact) mass is 318 g/mol. The average molecular weight is 318 g/mol. The molecule has 0 aromatic heterocycles. The first-order valence-corrected chi connectivity index (χ1v) is 7.40. The maximum absolute atomic E-state index is 11.1. The van der Waals surface area contributed by atoms with Crippen LogP contribution in [0.25, 0.3) is 0 Å². The largest absolute Gasteiger partial charge is 0.502 e. The third-order valence-corrected chi connectivity index (χ3v) is 4.27. The van der Waals surface area contributed by atoms with E-state index in [9.17, 15) is 15.2 Å². The van der Waals surface area contributed by atoms with E-state index in [2.05, 4.69) is 9.98 Å². The lowest BCUT2D eigenvalue weighted by Gasteiger charge is -2.45. The van der Waals surface area contributed by atoms with Crippen LogP contribution in [0.5, 0.6) is 5.75 Å². The number of phenols is 1. The van der Waals surface area contributed by atoms with Crippen LogP contribution in [0, 0.1) is 10.1 Å². The molecule has 2 aliphatic rings. The van der Waals surface area contributed by atoms with Crippen LogP contribution in [0.1, 0.15) is 32.1 Å². The van der Waals surface area contributed by atoms with Gasteiger partial charge in [0.05, 0.1) is 10.6 Å². The number of anilines is 1. The molecule has 1 aliphatic carbocycles. The maximum atomic E-state index is 11.1. The van der Waals surface area contributed by atoms with Crippen molar-refractivity contribution in [1.29, 1.82) is 0 Å². The summed E-state index contributed by atoms with van der Waals surface area (Å²) in [6.07, 6.45) is 4.48. The van der Waals surface area contributed by atoms with Crippen molar-refractivity contribution in [2.24, 2.45) is 21.5 Å². The summed E-state index contributed by atoms with van der Waals surface area (Å²) in [6.45, 7) is 0. The SMILES string of the molecule is NC1=NC2(CCCCC2)N(c2ccc(O)c([N+](=O)[O-])c2)C(N)=N1. The zero-order chi connectivity index (χ0) is 16.6. The second-order valence-electron chi connectivity index (χ2n) is 5.75. The Morgan fingerprint density at radius 2 is 1.96 bits per heavy atom. The Labute approximate surface area is 132 Å². The van der Waals surface area contributed by atoms with Crippen LogP contribution in [0.3, 0.4) is 0 Å². The van der Waals surface area contributed by atoms with E-state index in [1.807, 2.05) is 0 Å². The zero-order valence-corrected chi connectivity index (χ0v) is 12.5. The first-order chi connectivity index (χ1) is 10.9. The molecule has 0 amide bonds. The van der Waals surface area contributed by atoms with Gasteiger partial charge in [0, 0.05) is 6.07 Å². The highest BCUT2D eigenvalue weighted by Crippen LogP contribution is 2.41. The van der Waals surface area contributed by atoms with Gasteiger partial charge in [-0.15, -0.1) is 0 Å². The van der Waals surface area contributed by atoms with E-state index in [4.69, 9.17) is 11.5 Å². The van der Waals surface area contributed by atoms with Crippen molar-refractivity contribution in [2.45, 2.75) is 37.8 Å². The fourth-order valence-electron chi connectivity index (χ4n) is 3.29. The first kappa shape index (κ1) is 15.1. The van der Waals surface area contributed by atoms with Crippen molar-refractivity contribution in [1.82, 2.24) is 0 Å². The van der Waals surface area contributed by atoms with E-state index in [-0.39, 0.29) is 17.6 Å². The summed E-state index contributed by atoms with van der Waals surface area (Å²) in [5.41, 5.74) is 11.2. The summed E-state index contributed by atoms with van der Waals surface area (Å²) in [4.78, 5) is 20.6. The van der Waals surface area contributed by atoms with Crippen molar-refractivity contribution >= 4 is 23.3 Å². The van der Waals surface area contributed by atoms with Gasteiger partial charge < -0.3 is 16.6 Å². The molecule has 1 aromatic carbocycles. The van der Waals surface area contributed by atoms with Crippen LogP contribution < -0.4 is 16.4 Å². The molecule has 122 valence electrons. The molecule has 0 radical (unpaired) electrons. The lowest BCUT2D eigenvalue weighted by molar-refractivity contribution is -0.385. The summed E-state index contributed by atoms with van der Waals surface area (Å²) >= 11 is 0. The second kappa shape index (κ2) is 5.41. The third kappa shape index (κ3) is 2.54. The number of hydrogen-bond donors (Lipinski definition) is 3. The molecule has 0 atom stereocenters. The van der Waals surface area contributed by atoms with Gasteiger partial charge in [-0.2, -0.15) is 4.99 Å². The van der Waals surface area contributed by atoms with E-state index in [1.54, 1.807) is 11.0 Å². The number of aliphatic imine (C=N–C) groups is 2. The Balaban J connectivity index is 2.10. The molecule has 5 N–H and O–H groups in total. The van der Waals surface area contributed by atoms with E-state index < -0.39 is 16.3 Å². The lowest BCUT2D eigenvalue weighted by Crippen LogP contribution is -2.58. The number of phenolic OH excluding ortho intramolecular Hbond substituents is 1. The number of guanidine groups is 2. The van der Waals surface area contributed by atoms with Gasteiger partial charge in [-0.25, -0.2) is 4.99 Å². The molecule has 1 fully saturated rings. The van der Waals surface area contributed by atoms with Crippen LogP contribution >= 0.6 is 0 Å². The minimum absolute atomic E-state index is 0.119. The smallest absolute Gasteiger partial charge is 0.312 e. The molecular weight excluding hydrogens is 300 g/mol. The Morgan fingerprint density at radius 1 is 1.26 bits per heavy atom. The lowest BCUT2D eigenvalue weighted by atomic mass is 9.87. The second-order valence-corrected chi connectivity index (χ2v) is 5.75. The molecule has 23 heavy (non-hydrogen) atoms. The molecule has 1 spiro atoms. The first-order valence-electron chi connectivity index (χ1n) is 7.40. The van der Waals surface area contributed by atoms with Crippen LogP contribution in [-0.2, 0) is 0 Å². The maximum Gasteiger partial charge on any atom is 0.312 e. The van der Waals surface area contributed by atoms with E-state index in [1.165, 1.54) is 12.1 Å². The van der Waals surface area contributed by atoms with E-state index >= 15 is 0 Å². The number of nitro groups is 1. The summed E-state index contributed by atoms with van der Waals surface area (Å²) in [5.74, 6) is -0.125. The predicted octanol–water partition coefficient (Wildman–Crippen LogP) is 1.41. The molecule has 1 aromatic rings. The van der Waals surface area contributed by atoms with Gasteiger partial charge in [-0.3, -0.25) is 15.0 Å². The van der Waals surface area contributed by atoms with Gasteiger partial charge >= 0.3 is 5.69 Å². The molecule has 1 heterocycles. The fourth-order valence-corrected chi connectivity index (χ4v) is 3.29. The standard InChI is InChI=1S/C14H18N6O3/c15-12-17-13(16)19(14(18-12)6-2-1-3-7-14)9-4-5-11(21)10(8-9)20(22)23/h4-5,8,21H,1-3,6-7H2,(H4,15,16,17,18). The number of nitrogens with zero attached hydrogens (tertiary/aromatic N) is 4. The Hall–Kier alpha value is -2.84.